The van der Waals surface area contributed by atoms with Gasteiger partial charge < -0.3 is 4.90 Å². The number of anilines is 1. The minimum Gasteiger partial charge on any atom is -0.312 e. The number of hydrogen-bond acceptors (Lipinski definition) is 3. The Kier molecular flexibility index (Phi) is 5.30. The maximum Gasteiger partial charge on any atom is 0.242 e. The van der Waals surface area contributed by atoms with Crippen molar-refractivity contribution < 1.29 is 13.2 Å². The van der Waals surface area contributed by atoms with Crippen LogP contribution in [0.4, 0.5) is 5.69 Å². The van der Waals surface area contributed by atoms with Crippen LogP contribution in [-0.4, -0.2) is 32.4 Å². The molecule has 0 saturated heterocycles. The SMILES string of the molecule is C=CCS(=O)(=O)CC(=O)N(CC)c1cccc(C)c1. The molecule has 0 N–H and O–H groups in total. The minimum atomic E-state index is -3.41. The van der Waals surface area contributed by atoms with Crippen molar-refractivity contribution in [1.29, 1.82) is 0 Å². The van der Waals surface area contributed by atoms with Crippen LogP contribution in [0, 0.1) is 6.92 Å². The molecule has 0 bridgehead atoms. The number of hydrogen-bond donors (Lipinski definition) is 0. The average molecular weight is 281 g/mol. The van der Waals surface area contributed by atoms with Gasteiger partial charge in [-0.2, -0.15) is 0 Å². The Morgan fingerprint density at radius 1 is 1.42 bits per heavy atom. The van der Waals surface area contributed by atoms with Crippen LogP contribution in [-0.2, 0) is 14.6 Å². The molecule has 0 aliphatic carbocycles. The molecule has 1 aromatic carbocycles. The summed E-state index contributed by atoms with van der Waals surface area (Å²) in [4.78, 5) is 13.6. The van der Waals surface area contributed by atoms with Crippen molar-refractivity contribution in [2.24, 2.45) is 0 Å². The molecule has 4 nitrogen and oxygen atoms in total. The molecule has 5 heteroatoms. The number of amides is 1. The van der Waals surface area contributed by atoms with Crippen LogP contribution in [0.25, 0.3) is 0 Å². The van der Waals surface area contributed by atoms with Crippen LogP contribution in [0.1, 0.15) is 12.5 Å². The van der Waals surface area contributed by atoms with E-state index in [0.717, 1.165) is 11.3 Å². The van der Waals surface area contributed by atoms with E-state index in [1.165, 1.54) is 11.0 Å². The Morgan fingerprint density at radius 3 is 2.63 bits per heavy atom. The molecule has 0 fully saturated rings. The quantitative estimate of drug-likeness (QED) is 0.749. The van der Waals surface area contributed by atoms with Gasteiger partial charge in [0.05, 0.1) is 5.75 Å². The normalized spacial score (nSPS) is 11.1. The second kappa shape index (κ2) is 6.52. The highest BCUT2D eigenvalue weighted by molar-refractivity contribution is 7.92. The summed E-state index contributed by atoms with van der Waals surface area (Å²) in [5, 5.41) is 0. The molecular weight excluding hydrogens is 262 g/mol. The van der Waals surface area contributed by atoms with Crippen molar-refractivity contribution >= 4 is 21.4 Å². The maximum absolute atomic E-state index is 12.1. The fraction of sp³-hybridized carbons (Fsp3) is 0.357. The van der Waals surface area contributed by atoms with E-state index in [1.807, 2.05) is 32.0 Å². The highest BCUT2D eigenvalue weighted by atomic mass is 32.2. The van der Waals surface area contributed by atoms with E-state index >= 15 is 0 Å². The van der Waals surface area contributed by atoms with Gasteiger partial charge in [0, 0.05) is 12.2 Å². The third-order valence-electron chi connectivity index (χ3n) is 2.65. The van der Waals surface area contributed by atoms with Crippen molar-refractivity contribution in [3.8, 4) is 0 Å². The molecule has 19 heavy (non-hydrogen) atoms. The number of sulfone groups is 1. The third kappa shape index (κ3) is 4.52. The summed E-state index contributed by atoms with van der Waals surface area (Å²) in [7, 11) is -3.41. The van der Waals surface area contributed by atoms with E-state index in [2.05, 4.69) is 6.58 Å². The van der Waals surface area contributed by atoms with Gasteiger partial charge in [-0.1, -0.05) is 18.2 Å². The number of carbonyl (C=O) groups excluding carboxylic acids is 1. The molecule has 1 amide bonds. The topological polar surface area (TPSA) is 54.5 Å². The molecule has 0 saturated carbocycles. The Morgan fingerprint density at radius 2 is 2.11 bits per heavy atom. The lowest BCUT2D eigenvalue weighted by atomic mass is 10.2. The molecule has 0 aliphatic heterocycles. The molecule has 104 valence electrons. The Hall–Kier alpha value is -1.62. The zero-order chi connectivity index (χ0) is 14.5. The first-order valence-electron chi connectivity index (χ1n) is 6.08. The largest absolute Gasteiger partial charge is 0.312 e. The van der Waals surface area contributed by atoms with Crippen LogP contribution in [0.3, 0.4) is 0 Å². The second-order valence-electron chi connectivity index (χ2n) is 4.32. The second-order valence-corrected chi connectivity index (χ2v) is 6.43. The van der Waals surface area contributed by atoms with Gasteiger partial charge in [-0.05, 0) is 31.5 Å². The van der Waals surface area contributed by atoms with Gasteiger partial charge in [0.25, 0.3) is 0 Å². The summed E-state index contributed by atoms with van der Waals surface area (Å²) in [6.07, 6.45) is 1.30. The monoisotopic (exact) mass is 281 g/mol. The van der Waals surface area contributed by atoms with Crippen molar-refractivity contribution in [3.63, 3.8) is 0 Å². The van der Waals surface area contributed by atoms with Gasteiger partial charge in [-0.3, -0.25) is 4.79 Å². The molecular formula is C14H19NO3S. The van der Waals surface area contributed by atoms with Gasteiger partial charge in [0.2, 0.25) is 5.91 Å². The van der Waals surface area contributed by atoms with E-state index < -0.39 is 21.5 Å². The highest BCUT2D eigenvalue weighted by Crippen LogP contribution is 2.16. The Labute approximate surface area is 114 Å². The molecule has 0 aromatic heterocycles. The van der Waals surface area contributed by atoms with Gasteiger partial charge in [0.1, 0.15) is 5.75 Å². The summed E-state index contributed by atoms with van der Waals surface area (Å²) < 4.78 is 23.3. The Bertz CT molecular complexity index is 564. The predicted molar refractivity (Wildman–Crippen MR) is 78.1 cm³/mol. The van der Waals surface area contributed by atoms with E-state index in [1.54, 1.807) is 6.07 Å². The van der Waals surface area contributed by atoms with Crippen LogP contribution in [0.15, 0.2) is 36.9 Å². The number of nitrogens with zero attached hydrogens (tertiary/aromatic N) is 1. The van der Waals surface area contributed by atoms with Crippen LogP contribution in [0.5, 0.6) is 0 Å². The zero-order valence-electron chi connectivity index (χ0n) is 11.3. The fourth-order valence-electron chi connectivity index (χ4n) is 1.80. The van der Waals surface area contributed by atoms with Crippen molar-refractivity contribution in [2.45, 2.75) is 13.8 Å². The number of benzene rings is 1. The molecule has 0 aliphatic rings. The third-order valence-corrected chi connectivity index (χ3v) is 4.08. The van der Waals surface area contributed by atoms with Gasteiger partial charge in [-0.15, -0.1) is 6.58 Å². The summed E-state index contributed by atoms with van der Waals surface area (Å²) in [5.41, 5.74) is 1.75. The number of carbonyl (C=O) groups is 1. The fourth-order valence-corrected chi connectivity index (χ4v) is 2.81. The summed E-state index contributed by atoms with van der Waals surface area (Å²) in [6, 6.07) is 7.44. The van der Waals surface area contributed by atoms with E-state index in [9.17, 15) is 13.2 Å². The lowest BCUT2D eigenvalue weighted by Crippen LogP contribution is -2.36. The molecule has 0 heterocycles. The van der Waals surface area contributed by atoms with E-state index in [-0.39, 0.29) is 5.75 Å². The number of rotatable bonds is 6. The maximum atomic E-state index is 12.1. The molecule has 0 unspecified atom stereocenters. The molecule has 0 spiro atoms. The lowest BCUT2D eigenvalue weighted by Gasteiger charge is -2.21. The van der Waals surface area contributed by atoms with E-state index in [4.69, 9.17) is 0 Å². The number of aryl methyl sites for hydroxylation is 1. The first-order chi connectivity index (χ1) is 8.89. The first-order valence-corrected chi connectivity index (χ1v) is 7.90. The van der Waals surface area contributed by atoms with Crippen molar-refractivity contribution in [2.75, 3.05) is 23.0 Å². The van der Waals surface area contributed by atoms with Crippen molar-refractivity contribution in [3.05, 3.63) is 42.5 Å². The average Bonchev–Trinajstić information content (AvgIpc) is 2.28. The van der Waals surface area contributed by atoms with Crippen LogP contribution < -0.4 is 4.90 Å². The smallest absolute Gasteiger partial charge is 0.242 e. The standard InChI is InChI=1S/C14H19NO3S/c1-4-9-19(17,18)11-14(16)15(5-2)13-8-6-7-12(3)10-13/h4,6-8,10H,1,5,9,11H2,2-3H3. The van der Waals surface area contributed by atoms with Crippen LogP contribution in [0.2, 0.25) is 0 Å². The minimum absolute atomic E-state index is 0.176. The first kappa shape index (κ1) is 15.4. The van der Waals surface area contributed by atoms with Crippen molar-refractivity contribution in [1.82, 2.24) is 0 Å². The molecule has 1 aromatic rings. The molecule has 1 rings (SSSR count). The summed E-state index contributed by atoms with van der Waals surface area (Å²) >= 11 is 0. The van der Waals surface area contributed by atoms with Gasteiger partial charge in [-0.25, -0.2) is 8.42 Å². The van der Waals surface area contributed by atoms with Gasteiger partial charge >= 0.3 is 0 Å². The molecule has 0 radical (unpaired) electrons. The van der Waals surface area contributed by atoms with Crippen LogP contribution >= 0.6 is 0 Å². The molecule has 0 atom stereocenters. The summed E-state index contributed by atoms with van der Waals surface area (Å²) in [5.74, 6) is -1.07. The zero-order valence-corrected chi connectivity index (χ0v) is 12.1. The highest BCUT2D eigenvalue weighted by Gasteiger charge is 2.21. The van der Waals surface area contributed by atoms with E-state index in [0.29, 0.717) is 6.54 Å². The summed E-state index contributed by atoms with van der Waals surface area (Å²) in [6.45, 7) is 7.57. The Balaban J connectivity index is 2.92. The predicted octanol–water partition coefficient (Wildman–Crippen LogP) is 1.95. The lowest BCUT2D eigenvalue weighted by molar-refractivity contribution is -0.116. The van der Waals surface area contributed by atoms with Gasteiger partial charge in [0.15, 0.2) is 9.84 Å².